The van der Waals surface area contributed by atoms with Crippen LogP contribution >= 0.6 is 0 Å². The third-order valence-corrected chi connectivity index (χ3v) is 18.4. The molecule has 0 nitrogen and oxygen atoms in total. The van der Waals surface area contributed by atoms with Crippen molar-refractivity contribution >= 4 is 28.8 Å². The fourth-order valence-corrected chi connectivity index (χ4v) is 15.3. The number of aryl methyl sites for hydroxylation is 7. The van der Waals surface area contributed by atoms with Crippen LogP contribution in [0.3, 0.4) is 0 Å². The van der Waals surface area contributed by atoms with E-state index in [0.29, 0.717) is 0 Å². The van der Waals surface area contributed by atoms with E-state index in [0.717, 1.165) is 0 Å². The minimum atomic E-state index is -2.79. The summed E-state index contributed by atoms with van der Waals surface area (Å²) in [4.78, 5) is 0. The van der Waals surface area contributed by atoms with Crippen LogP contribution in [0.2, 0.25) is 0 Å². The molecular formula is C60H93Cl3SiTi. The number of benzene rings is 3. The van der Waals surface area contributed by atoms with Gasteiger partial charge in [0.2, 0.25) is 0 Å². The van der Waals surface area contributed by atoms with Crippen molar-refractivity contribution in [2.24, 2.45) is 0 Å². The molecule has 0 saturated carbocycles. The molecule has 4 aromatic rings. The molecule has 0 bridgehead atoms. The Labute approximate surface area is 437 Å². The SMILES string of the molecule is CCCCCCc1cc(CCCCCC)cc([Si](c2cc(CCCCCC)cc(CCCCCC)c2)(c2cc(CCCCCC)cc(CCCCCC)c2)[c-]2ccc(C)c2)c1.[Cl-].[Cl-].[Cl-].[Ti+4]. The van der Waals surface area contributed by atoms with Crippen molar-refractivity contribution in [1.82, 2.24) is 0 Å². The molecule has 0 aromatic heterocycles. The summed E-state index contributed by atoms with van der Waals surface area (Å²) in [5.41, 5.74) is 10.9. The Bertz CT molecular complexity index is 1510. The Kier molecular flexibility index (Phi) is 37.0. The first-order valence-corrected chi connectivity index (χ1v) is 28.5. The van der Waals surface area contributed by atoms with E-state index >= 15 is 0 Å². The average Bonchev–Trinajstić information content (AvgIpc) is 3.70. The van der Waals surface area contributed by atoms with Crippen molar-refractivity contribution in [2.75, 3.05) is 0 Å². The van der Waals surface area contributed by atoms with Gasteiger partial charge in [-0.1, -0.05) is 234 Å². The standard InChI is InChI=1S/C60H93Si.3ClH.Ti/c1-8-14-20-26-32-51-41-52(33-27-21-15-9-2)45-58(44-51)61(57-39-38-50(7)40-57,59-46-53(34-28-22-16-10-3)42-54(47-59)35-29-23-17-11-4)60-48-55(36-30-24-18-12-5)43-56(49-60)37-31-25-19-13-6;;;;/h38-49H,8-37H2,1-7H3;3*1H;/q-1;;;;+4/p-3. The molecule has 4 rings (SSSR count). The van der Waals surface area contributed by atoms with Crippen LogP contribution in [-0.4, -0.2) is 8.07 Å². The van der Waals surface area contributed by atoms with E-state index in [1.54, 1.807) is 54.1 Å². The summed E-state index contributed by atoms with van der Waals surface area (Å²) in [5, 5.41) is 6.55. The molecule has 65 heavy (non-hydrogen) atoms. The number of hydrogen-bond donors (Lipinski definition) is 0. The Morgan fingerprint density at radius 3 is 0.754 bits per heavy atom. The molecule has 0 unspecified atom stereocenters. The van der Waals surface area contributed by atoms with Crippen molar-refractivity contribution < 1.29 is 58.9 Å². The van der Waals surface area contributed by atoms with E-state index in [-0.39, 0.29) is 58.9 Å². The third-order valence-electron chi connectivity index (χ3n) is 13.7. The molecule has 0 saturated heterocycles. The molecule has 0 aliphatic carbocycles. The van der Waals surface area contributed by atoms with Gasteiger partial charge in [0.15, 0.2) is 0 Å². The summed E-state index contributed by atoms with van der Waals surface area (Å²) >= 11 is 0. The normalized spacial score (nSPS) is 11.1. The molecule has 0 radical (unpaired) electrons. The van der Waals surface area contributed by atoms with Crippen molar-refractivity contribution in [3.8, 4) is 0 Å². The van der Waals surface area contributed by atoms with Gasteiger partial charge in [-0.3, -0.25) is 0 Å². The van der Waals surface area contributed by atoms with E-state index in [2.05, 4.69) is 121 Å². The van der Waals surface area contributed by atoms with Crippen molar-refractivity contribution in [2.45, 2.75) is 241 Å². The van der Waals surface area contributed by atoms with Gasteiger partial charge in [0.1, 0.15) is 8.07 Å². The van der Waals surface area contributed by atoms with Crippen LogP contribution in [-0.2, 0) is 60.2 Å². The van der Waals surface area contributed by atoms with Gasteiger partial charge < -0.3 is 37.2 Å². The molecule has 0 fully saturated rings. The van der Waals surface area contributed by atoms with Crippen LogP contribution in [0, 0.1) is 6.92 Å². The quantitative estimate of drug-likeness (QED) is 0.0209. The second kappa shape index (κ2) is 37.7. The maximum atomic E-state index is 2.76. The fourth-order valence-electron chi connectivity index (χ4n) is 10.1. The smallest absolute Gasteiger partial charge is 1.00 e. The van der Waals surface area contributed by atoms with E-state index in [1.807, 2.05) is 0 Å². The average molecular weight is 997 g/mol. The summed E-state index contributed by atoms with van der Waals surface area (Å²) in [7, 11) is -2.79. The summed E-state index contributed by atoms with van der Waals surface area (Å²) in [6.45, 7) is 16.4. The first-order valence-electron chi connectivity index (χ1n) is 26.5. The van der Waals surface area contributed by atoms with Gasteiger partial charge in [-0.25, -0.2) is 11.6 Å². The van der Waals surface area contributed by atoms with E-state index in [9.17, 15) is 0 Å². The van der Waals surface area contributed by atoms with Crippen LogP contribution in [0.4, 0.5) is 0 Å². The Morgan fingerprint density at radius 1 is 0.338 bits per heavy atom. The van der Waals surface area contributed by atoms with E-state index < -0.39 is 8.07 Å². The zero-order valence-corrected chi connectivity index (χ0v) is 47.6. The van der Waals surface area contributed by atoms with Crippen molar-refractivity contribution in [1.29, 1.82) is 0 Å². The Morgan fingerprint density at radius 2 is 0.569 bits per heavy atom. The van der Waals surface area contributed by atoms with Gasteiger partial charge >= 0.3 is 21.7 Å². The zero-order valence-electron chi connectivity index (χ0n) is 42.8. The van der Waals surface area contributed by atoms with E-state index in [4.69, 9.17) is 0 Å². The van der Waals surface area contributed by atoms with Crippen LogP contribution in [0.15, 0.2) is 72.8 Å². The van der Waals surface area contributed by atoms with Gasteiger partial charge in [-0.15, -0.1) is 5.19 Å². The molecule has 5 heteroatoms. The van der Waals surface area contributed by atoms with Gasteiger partial charge in [0, 0.05) is 0 Å². The molecule has 0 aliphatic rings. The van der Waals surface area contributed by atoms with Crippen LogP contribution in [0.5, 0.6) is 0 Å². The minimum Gasteiger partial charge on any atom is -1.00 e. The van der Waals surface area contributed by atoms with Crippen LogP contribution in [0.1, 0.15) is 235 Å². The third kappa shape index (κ3) is 21.6. The summed E-state index contributed by atoms with van der Waals surface area (Å²) < 4.78 is 0. The summed E-state index contributed by atoms with van der Waals surface area (Å²) in [6.07, 6.45) is 38.7. The number of unbranched alkanes of at least 4 members (excludes halogenated alkanes) is 18. The molecule has 0 atom stereocenters. The van der Waals surface area contributed by atoms with Crippen molar-refractivity contribution in [3.05, 3.63) is 112 Å². The van der Waals surface area contributed by atoms with E-state index in [1.165, 1.54) is 198 Å². The van der Waals surface area contributed by atoms with Gasteiger partial charge in [-0.05, 0) is 110 Å². The first-order chi connectivity index (χ1) is 29.9. The Hall–Kier alpha value is -1.19. The topological polar surface area (TPSA) is 0 Å². The summed E-state index contributed by atoms with van der Waals surface area (Å²) in [6, 6.07) is 32.2. The monoisotopic (exact) mass is 995 g/mol. The maximum absolute atomic E-state index is 2.79. The Balaban J connectivity index is 0.0000102. The number of hydrogen-bond acceptors (Lipinski definition) is 0. The summed E-state index contributed by atoms with van der Waals surface area (Å²) in [5.74, 6) is 0. The predicted octanol–water partition coefficient (Wildman–Crippen LogP) is 6.84. The first kappa shape index (κ1) is 63.8. The van der Waals surface area contributed by atoms with Gasteiger partial charge in [-0.2, -0.15) is 12.1 Å². The molecule has 0 heterocycles. The van der Waals surface area contributed by atoms with Gasteiger partial charge in [0.05, 0.1) is 0 Å². The molecular weight excluding hydrogens is 903 g/mol. The predicted molar refractivity (Wildman–Crippen MR) is 277 cm³/mol. The van der Waals surface area contributed by atoms with Crippen molar-refractivity contribution in [3.63, 3.8) is 0 Å². The van der Waals surface area contributed by atoms with Gasteiger partial charge in [0.25, 0.3) is 0 Å². The molecule has 4 aromatic carbocycles. The largest absolute Gasteiger partial charge is 4.00 e. The van der Waals surface area contributed by atoms with Crippen LogP contribution < -0.4 is 58.0 Å². The maximum Gasteiger partial charge on any atom is 4.00 e. The molecule has 0 N–H and O–H groups in total. The molecule has 0 amide bonds. The molecule has 0 spiro atoms. The number of rotatable bonds is 34. The molecule has 0 aliphatic heterocycles. The second-order valence-corrected chi connectivity index (χ2v) is 23.2. The minimum absolute atomic E-state index is 0. The molecule has 362 valence electrons. The number of halogens is 3. The second-order valence-electron chi connectivity index (χ2n) is 19.4. The zero-order chi connectivity index (χ0) is 43.5. The van der Waals surface area contributed by atoms with Crippen LogP contribution in [0.25, 0.3) is 0 Å². The fraction of sp³-hybridized carbons (Fsp3) is 0.617.